The average molecular weight is 365 g/mol. The Bertz CT molecular complexity index is 647. The van der Waals surface area contributed by atoms with E-state index < -0.39 is 17.9 Å². The van der Waals surface area contributed by atoms with Crippen LogP contribution >= 0.6 is 11.8 Å². The second-order valence-electron chi connectivity index (χ2n) is 6.04. The van der Waals surface area contributed by atoms with Gasteiger partial charge in [0.15, 0.2) is 0 Å². The SMILES string of the molecule is CC(CN(C)C(=O)Nc1cccc(C(=O)N2CCSCC2)c1)C(=O)O. The maximum atomic E-state index is 12.5. The molecule has 136 valence electrons. The minimum absolute atomic E-state index is 0.0377. The van der Waals surface area contributed by atoms with E-state index in [0.717, 1.165) is 24.6 Å². The third-order valence-corrected chi connectivity index (χ3v) is 4.92. The lowest BCUT2D eigenvalue weighted by atomic mass is 10.1. The predicted octanol–water partition coefficient (Wildman–Crippen LogP) is 2.06. The number of thioether (sulfide) groups is 1. The van der Waals surface area contributed by atoms with Crippen molar-refractivity contribution in [3.05, 3.63) is 29.8 Å². The van der Waals surface area contributed by atoms with Crippen LogP contribution < -0.4 is 5.32 Å². The zero-order valence-electron chi connectivity index (χ0n) is 14.4. The van der Waals surface area contributed by atoms with E-state index in [4.69, 9.17) is 5.11 Å². The Morgan fingerprint density at radius 3 is 2.64 bits per heavy atom. The van der Waals surface area contributed by atoms with E-state index in [1.807, 2.05) is 16.7 Å². The van der Waals surface area contributed by atoms with Gasteiger partial charge in [0.25, 0.3) is 5.91 Å². The maximum Gasteiger partial charge on any atom is 0.321 e. The van der Waals surface area contributed by atoms with Gasteiger partial charge in [0.05, 0.1) is 5.92 Å². The van der Waals surface area contributed by atoms with Crippen LogP contribution in [0.15, 0.2) is 24.3 Å². The Hall–Kier alpha value is -2.22. The van der Waals surface area contributed by atoms with Crippen molar-refractivity contribution in [3.63, 3.8) is 0 Å². The number of amides is 3. The van der Waals surface area contributed by atoms with Crippen LogP contribution in [0.5, 0.6) is 0 Å². The molecule has 0 radical (unpaired) electrons. The molecule has 3 amide bonds. The third-order valence-electron chi connectivity index (χ3n) is 3.98. The van der Waals surface area contributed by atoms with Gasteiger partial charge in [0.2, 0.25) is 0 Å². The molecule has 1 atom stereocenters. The number of carbonyl (C=O) groups excluding carboxylic acids is 2. The minimum Gasteiger partial charge on any atom is -0.481 e. The summed E-state index contributed by atoms with van der Waals surface area (Å²) in [6.45, 7) is 3.11. The molecule has 0 bridgehead atoms. The fourth-order valence-corrected chi connectivity index (χ4v) is 3.37. The summed E-state index contributed by atoms with van der Waals surface area (Å²) in [7, 11) is 1.54. The number of urea groups is 1. The molecule has 1 aromatic rings. The van der Waals surface area contributed by atoms with E-state index in [0.29, 0.717) is 11.3 Å². The summed E-state index contributed by atoms with van der Waals surface area (Å²) in [5.74, 6) is 0.237. The maximum absolute atomic E-state index is 12.5. The first-order valence-electron chi connectivity index (χ1n) is 8.10. The summed E-state index contributed by atoms with van der Waals surface area (Å²) < 4.78 is 0. The third kappa shape index (κ3) is 5.38. The van der Waals surface area contributed by atoms with E-state index in [2.05, 4.69) is 5.32 Å². The number of carboxylic acids is 1. The topological polar surface area (TPSA) is 90.0 Å². The fourth-order valence-electron chi connectivity index (χ4n) is 2.47. The standard InChI is InChI=1S/C17H23N3O4S/c1-12(16(22)23)11-19(2)17(24)18-14-5-3-4-13(10-14)15(21)20-6-8-25-9-7-20/h3-5,10,12H,6-9,11H2,1-2H3,(H,18,24)(H,22,23). The van der Waals surface area contributed by atoms with Gasteiger partial charge in [0.1, 0.15) is 0 Å². The molecule has 1 aliphatic rings. The van der Waals surface area contributed by atoms with Crippen LogP contribution in [-0.4, -0.2) is 71.0 Å². The molecular formula is C17H23N3O4S. The summed E-state index contributed by atoms with van der Waals surface area (Å²) in [6.07, 6.45) is 0. The highest BCUT2D eigenvalue weighted by Crippen LogP contribution is 2.16. The Morgan fingerprint density at radius 2 is 2.00 bits per heavy atom. The first kappa shape index (κ1) is 19.1. The molecule has 25 heavy (non-hydrogen) atoms. The molecule has 8 heteroatoms. The van der Waals surface area contributed by atoms with Crippen molar-refractivity contribution >= 4 is 35.4 Å². The highest BCUT2D eigenvalue weighted by molar-refractivity contribution is 7.99. The summed E-state index contributed by atoms with van der Waals surface area (Å²) in [5, 5.41) is 11.6. The zero-order valence-corrected chi connectivity index (χ0v) is 15.2. The number of rotatable bonds is 5. The fraction of sp³-hybridized carbons (Fsp3) is 0.471. The molecule has 2 rings (SSSR count). The van der Waals surface area contributed by atoms with Crippen LogP contribution in [0.3, 0.4) is 0 Å². The molecule has 1 unspecified atom stereocenters. The van der Waals surface area contributed by atoms with E-state index >= 15 is 0 Å². The van der Waals surface area contributed by atoms with Crippen LogP contribution in [0, 0.1) is 5.92 Å². The van der Waals surface area contributed by atoms with E-state index in [1.54, 1.807) is 31.2 Å². The first-order chi connectivity index (χ1) is 11.9. The normalized spacial score (nSPS) is 15.4. The van der Waals surface area contributed by atoms with Crippen LogP contribution in [0.4, 0.5) is 10.5 Å². The largest absolute Gasteiger partial charge is 0.481 e. The molecule has 2 N–H and O–H groups in total. The van der Waals surface area contributed by atoms with Crippen LogP contribution in [0.1, 0.15) is 17.3 Å². The zero-order chi connectivity index (χ0) is 18.4. The molecule has 0 aliphatic carbocycles. The van der Waals surface area contributed by atoms with Crippen LogP contribution in [-0.2, 0) is 4.79 Å². The van der Waals surface area contributed by atoms with Gasteiger partial charge in [-0.05, 0) is 18.2 Å². The lowest BCUT2D eigenvalue weighted by Gasteiger charge is -2.26. The molecule has 0 spiro atoms. The van der Waals surface area contributed by atoms with Crippen molar-refractivity contribution in [1.29, 1.82) is 0 Å². The molecule has 1 saturated heterocycles. The smallest absolute Gasteiger partial charge is 0.321 e. The number of nitrogens with zero attached hydrogens (tertiary/aromatic N) is 2. The number of carbonyl (C=O) groups is 3. The van der Waals surface area contributed by atoms with Crippen molar-refractivity contribution in [3.8, 4) is 0 Å². The second kappa shape index (κ2) is 8.75. The Morgan fingerprint density at radius 1 is 1.32 bits per heavy atom. The number of hydrogen-bond donors (Lipinski definition) is 2. The van der Waals surface area contributed by atoms with Gasteiger partial charge in [-0.15, -0.1) is 0 Å². The van der Waals surface area contributed by atoms with Gasteiger partial charge in [-0.25, -0.2) is 4.79 Å². The molecule has 7 nitrogen and oxygen atoms in total. The molecule has 1 aliphatic heterocycles. The Balaban J connectivity index is 1.99. The van der Waals surface area contributed by atoms with Crippen molar-refractivity contribution < 1.29 is 19.5 Å². The summed E-state index contributed by atoms with van der Waals surface area (Å²) >= 11 is 1.83. The number of anilines is 1. The van der Waals surface area contributed by atoms with Crippen molar-refractivity contribution in [2.24, 2.45) is 5.92 Å². The second-order valence-corrected chi connectivity index (χ2v) is 7.26. The Kier molecular flexibility index (Phi) is 6.69. The molecular weight excluding hydrogens is 342 g/mol. The first-order valence-corrected chi connectivity index (χ1v) is 9.26. The highest BCUT2D eigenvalue weighted by Gasteiger charge is 2.20. The van der Waals surface area contributed by atoms with E-state index in [1.165, 1.54) is 11.9 Å². The number of aliphatic carboxylic acids is 1. The summed E-state index contributed by atoms with van der Waals surface area (Å²) in [5.41, 5.74) is 1.04. The quantitative estimate of drug-likeness (QED) is 0.834. The van der Waals surface area contributed by atoms with Gasteiger partial charge in [-0.1, -0.05) is 13.0 Å². The lowest BCUT2D eigenvalue weighted by molar-refractivity contribution is -0.141. The van der Waals surface area contributed by atoms with Gasteiger partial charge in [0, 0.05) is 49.4 Å². The van der Waals surface area contributed by atoms with Crippen molar-refractivity contribution in [2.45, 2.75) is 6.92 Å². The summed E-state index contributed by atoms with van der Waals surface area (Å²) in [4.78, 5) is 38.7. The van der Waals surface area contributed by atoms with Crippen molar-refractivity contribution in [2.75, 3.05) is 43.5 Å². The van der Waals surface area contributed by atoms with Crippen molar-refractivity contribution in [1.82, 2.24) is 9.80 Å². The molecule has 1 aromatic carbocycles. The monoisotopic (exact) mass is 365 g/mol. The van der Waals surface area contributed by atoms with Gasteiger partial charge in [-0.2, -0.15) is 11.8 Å². The predicted molar refractivity (Wildman–Crippen MR) is 98.1 cm³/mol. The van der Waals surface area contributed by atoms with E-state index in [-0.39, 0.29) is 12.5 Å². The molecule has 0 saturated carbocycles. The molecule has 1 fully saturated rings. The lowest BCUT2D eigenvalue weighted by Crippen LogP contribution is -2.38. The number of carboxylic acid groups (broad SMARTS) is 1. The van der Waals surface area contributed by atoms with Gasteiger partial charge < -0.3 is 20.2 Å². The Labute approximate surface area is 151 Å². The highest BCUT2D eigenvalue weighted by atomic mass is 32.2. The van der Waals surface area contributed by atoms with Crippen LogP contribution in [0.2, 0.25) is 0 Å². The van der Waals surface area contributed by atoms with E-state index in [9.17, 15) is 14.4 Å². The average Bonchev–Trinajstić information content (AvgIpc) is 2.61. The van der Waals surface area contributed by atoms with Gasteiger partial charge in [-0.3, -0.25) is 9.59 Å². The number of hydrogen-bond acceptors (Lipinski definition) is 4. The molecule has 1 heterocycles. The summed E-state index contributed by atoms with van der Waals surface area (Å²) in [6, 6.07) is 6.40. The number of nitrogens with one attached hydrogen (secondary N) is 1. The number of benzene rings is 1. The van der Waals surface area contributed by atoms with Gasteiger partial charge >= 0.3 is 12.0 Å². The van der Waals surface area contributed by atoms with Crippen LogP contribution in [0.25, 0.3) is 0 Å². The minimum atomic E-state index is -0.952. The molecule has 0 aromatic heterocycles.